The van der Waals surface area contributed by atoms with Crippen LogP contribution in [0.25, 0.3) is 11.0 Å². The van der Waals surface area contributed by atoms with E-state index in [0.29, 0.717) is 24.5 Å². The summed E-state index contributed by atoms with van der Waals surface area (Å²) in [7, 11) is 0. The fourth-order valence-corrected chi connectivity index (χ4v) is 2.60. The first-order valence-electron chi connectivity index (χ1n) is 7.31. The molecule has 1 aromatic carbocycles. The van der Waals surface area contributed by atoms with E-state index in [9.17, 15) is 9.18 Å². The summed E-state index contributed by atoms with van der Waals surface area (Å²) in [5.74, 6) is -0.354. The third-order valence-corrected chi connectivity index (χ3v) is 3.54. The number of nitrogens with zero attached hydrogens (tertiary/aromatic N) is 2. The summed E-state index contributed by atoms with van der Waals surface area (Å²) in [5.41, 5.74) is 1.41. The highest BCUT2D eigenvalue weighted by molar-refractivity contribution is 5.81. The second-order valence-electron chi connectivity index (χ2n) is 5.32. The molecule has 0 fully saturated rings. The van der Waals surface area contributed by atoms with Crippen molar-refractivity contribution in [2.75, 3.05) is 6.61 Å². The van der Waals surface area contributed by atoms with Gasteiger partial charge in [-0.15, -0.1) is 0 Å². The van der Waals surface area contributed by atoms with Gasteiger partial charge in [-0.1, -0.05) is 13.8 Å². The van der Waals surface area contributed by atoms with Crippen LogP contribution in [0.1, 0.15) is 39.4 Å². The van der Waals surface area contributed by atoms with Crippen LogP contribution in [0.15, 0.2) is 18.2 Å². The van der Waals surface area contributed by atoms with Crippen molar-refractivity contribution in [1.82, 2.24) is 9.55 Å². The first kappa shape index (κ1) is 15.5. The molecule has 0 N–H and O–H groups in total. The van der Waals surface area contributed by atoms with Gasteiger partial charge in [0.2, 0.25) is 0 Å². The van der Waals surface area contributed by atoms with E-state index < -0.39 is 5.92 Å². The highest BCUT2D eigenvalue weighted by Crippen LogP contribution is 2.29. The smallest absolute Gasteiger partial charge is 0.316 e. The van der Waals surface area contributed by atoms with Crippen LogP contribution in [-0.2, 0) is 16.1 Å². The second kappa shape index (κ2) is 6.24. The molecule has 0 spiro atoms. The first-order chi connectivity index (χ1) is 9.99. The monoisotopic (exact) mass is 292 g/mol. The maximum atomic E-state index is 13.4. The third kappa shape index (κ3) is 2.91. The Morgan fingerprint density at radius 3 is 2.67 bits per heavy atom. The van der Waals surface area contributed by atoms with Gasteiger partial charge in [-0.3, -0.25) is 4.79 Å². The standard InChI is InChI=1S/C16H21FN2O2/c1-5-19-13-8-7-11(17)9-12(13)18-15(19)14(10(3)4)16(20)21-6-2/h7-10,14H,5-6H2,1-4H3. The maximum Gasteiger partial charge on any atom is 0.316 e. The second-order valence-corrected chi connectivity index (χ2v) is 5.32. The lowest BCUT2D eigenvalue weighted by Crippen LogP contribution is -2.24. The molecule has 0 aliphatic heterocycles. The van der Waals surface area contributed by atoms with Gasteiger partial charge in [0.05, 0.1) is 17.6 Å². The van der Waals surface area contributed by atoms with E-state index in [-0.39, 0.29) is 17.7 Å². The number of fused-ring (bicyclic) bond motifs is 1. The fourth-order valence-electron chi connectivity index (χ4n) is 2.60. The molecule has 1 aromatic heterocycles. The molecular weight excluding hydrogens is 271 g/mol. The highest BCUT2D eigenvalue weighted by Gasteiger charge is 2.30. The van der Waals surface area contributed by atoms with Crippen LogP contribution in [0, 0.1) is 11.7 Å². The SMILES string of the molecule is CCOC(=O)C(c1nc2cc(F)ccc2n1CC)C(C)C. The van der Waals surface area contributed by atoms with E-state index >= 15 is 0 Å². The van der Waals surface area contributed by atoms with Gasteiger partial charge in [0.15, 0.2) is 0 Å². The van der Waals surface area contributed by atoms with Gasteiger partial charge in [-0.2, -0.15) is 0 Å². The average molecular weight is 292 g/mol. The molecule has 5 heteroatoms. The number of hydrogen-bond donors (Lipinski definition) is 0. The number of benzene rings is 1. The fraction of sp³-hybridized carbons (Fsp3) is 0.500. The molecule has 2 rings (SSSR count). The summed E-state index contributed by atoms with van der Waals surface area (Å²) in [6, 6.07) is 4.51. The van der Waals surface area contributed by atoms with Gasteiger partial charge < -0.3 is 9.30 Å². The number of aryl methyl sites for hydroxylation is 1. The zero-order valence-electron chi connectivity index (χ0n) is 12.9. The molecule has 0 radical (unpaired) electrons. The summed E-state index contributed by atoms with van der Waals surface area (Å²) in [6.07, 6.45) is 0. The van der Waals surface area contributed by atoms with Crippen molar-refractivity contribution < 1.29 is 13.9 Å². The number of ether oxygens (including phenoxy) is 1. The lowest BCUT2D eigenvalue weighted by Gasteiger charge is -2.19. The molecule has 4 nitrogen and oxygen atoms in total. The minimum absolute atomic E-state index is 0.0519. The summed E-state index contributed by atoms with van der Waals surface area (Å²) < 4.78 is 20.5. The van der Waals surface area contributed by atoms with Gasteiger partial charge >= 0.3 is 5.97 Å². The van der Waals surface area contributed by atoms with Crippen LogP contribution in [0.2, 0.25) is 0 Å². The van der Waals surface area contributed by atoms with Crippen molar-refractivity contribution in [3.8, 4) is 0 Å². The summed E-state index contributed by atoms with van der Waals surface area (Å²) in [6.45, 7) is 8.69. The van der Waals surface area contributed by atoms with Crippen LogP contribution in [0.5, 0.6) is 0 Å². The molecule has 0 saturated heterocycles. The number of imidazole rings is 1. The van der Waals surface area contributed by atoms with E-state index in [0.717, 1.165) is 5.52 Å². The van der Waals surface area contributed by atoms with E-state index in [1.165, 1.54) is 12.1 Å². The largest absolute Gasteiger partial charge is 0.465 e. The minimum atomic E-state index is -0.444. The predicted octanol–water partition coefficient (Wildman–Crippen LogP) is 3.50. The zero-order valence-corrected chi connectivity index (χ0v) is 12.9. The van der Waals surface area contributed by atoms with Crippen molar-refractivity contribution >= 4 is 17.0 Å². The minimum Gasteiger partial charge on any atom is -0.465 e. The van der Waals surface area contributed by atoms with Crippen molar-refractivity contribution in [2.24, 2.45) is 5.92 Å². The van der Waals surface area contributed by atoms with Crippen LogP contribution in [0.4, 0.5) is 4.39 Å². The molecule has 2 aromatic rings. The number of carbonyl (C=O) groups excluding carboxylic acids is 1. The highest BCUT2D eigenvalue weighted by atomic mass is 19.1. The Hall–Kier alpha value is -1.91. The third-order valence-electron chi connectivity index (χ3n) is 3.54. The Balaban J connectivity index is 2.59. The number of hydrogen-bond acceptors (Lipinski definition) is 3. The molecule has 1 atom stereocenters. The van der Waals surface area contributed by atoms with Crippen molar-refractivity contribution in [1.29, 1.82) is 0 Å². The van der Waals surface area contributed by atoms with Gasteiger partial charge in [0.1, 0.15) is 17.6 Å². The molecule has 0 bridgehead atoms. The zero-order chi connectivity index (χ0) is 15.6. The van der Waals surface area contributed by atoms with Gasteiger partial charge in [0, 0.05) is 12.6 Å². The summed E-state index contributed by atoms with van der Waals surface area (Å²) in [5, 5.41) is 0. The quantitative estimate of drug-likeness (QED) is 0.792. The predicted molar refractivity (Wildman–Crippen MR) is 79.6 cm³/mol. The van der Waals surface area contributed by atoms with Crippen LogP contribution < -0.4 is 0 Å². The molecule has 1 heterocycles. The number of carbonyl (C=O) groups is 1. The van der Waals surface area contributed by atoms with Crippen LogP contribution in [-0.4, -0.2) is 22.1 Å². The topological polar surface area (TPSA) is 44.1 Å². The molecule has 1 unspecified atom stereocenters. The Morgan fingerprint density at radius 2 is 2.10 bits per heavy atom. The van der Waals surface area contributed by atoms with Crippen LogP contribution in [0.3, 0.4) is 0 Å². The van der Waals surface area contributed by atoms with Gasteiger partial charge in [0.25, 0.3) is 0 Å². The first-order valence-corrected chi connectivity index (χ1v) is 7.31. The number of halogens is 1. The normalized spacial score (nSPS) is 12.9. The summed E-state index contributed by atoms with van der Waals surface area (Å²) >= 11 is 0. The van der Waals surface area contributed by atoms with E-state index in [1.807, 2.05) is 25.3 Å². The molecule has 0 aliphatic carbocycles. The lowest BCUT2D eigenvalue weighted by molar-refractivity contribution is -0.146. The van der Waals surface area contributed by atoms with Crippen molar-refractivity contribution in [3.63, 3.8) is 0 Å². The lowest BCUT2D eigenvalue weighted by atomic mass is 9.95. The van der Waals surface area contributed by atoms with Crippen molar-refractivity contribution in [2.45, 2.75) is 40.2 Å². The van der Waals surface area contributed by atoms with Crippen LogP contribution >= 0.6 is 0 Å². The number of aromatic nitrogens is 2. The molecule has 114 valence electrons. The molecule has 0 saturated carbocycles. The average Bonchev–Trinajstić information content (AvgIpc) is 2.75. The molecule has 0 amide bonds. The molecule has 21 heavy (non-hydrogen) atoms. The Labute approximate surface area is 123 Å². The molecule has 0 aliphatic rings. The Kier molecular flexibility index (Phi) is 4.60. The van der Waals surface area contributed by atoms with E-state index in [2.05, 4.69) is 4.98 Å². The van der Waals surface area contributed by atoms with Crippen molar-refractivity contribution in [3.05, 3.63) is 29.8 Å². The number of rotatable bonds is 5. The van der Waals surface area contributed by atoms with E-state index in [4.69, 9.17) is 4.74 Å². The summed E-state index contributed by atoms with van der Waals surface area (Å²) in [4.78, 5) is 16.7. The maximum absolute atomic E-state index is 13.4. The van der Waals surface area contributed by atoms with Gasteiger partial charge in [-0.25, -0.2) is 9.37 Å². The number of esters is 1. The Bertz CT molecular complexity index is 649. The van der Waals surface area contributed by atoms with E-state index in [1.54, 1.807) is 13.0 Å². The van der Waals surface area contributed by atoms with Gasteiger partial charge in [-0.05, 0) is 31.9 Å². The molecular formula is C16H21FN2O2. The Morgan fingerprint density at radius 1 is 1.38 bits per heavy atom.